The number of benzene rings is 2. The Labute approximate surface area is 140 Å². The predicted molar refractivity (Wildman–Crippen MR) is 97.5 cm³/mol. The van der Waals surface area contributed by atoms with E-state index >= 15 is 0 Å². The smallest absolute Gasteiger partial charge is 0.107 e. The molecule has 0 aliphatic carbocycles. The standard InChI is InChI=1S/C16H17ClN2S2/c1-2-21-14-8-4-7-13(15(14)16(18)20)19-10-11-5-3-6-12(17)9-11/h3-9,19H,2,10H2,1H3,(H2,18,20). The van der Waals surface area contributed by atoms with Crippen LogP contribution in [0.25, 0.3) is 0 Å². The van der Waals surface area contributed by atoms with Gasteiger partial charge in [-0.25, -0.2) is 0 Å². The Bertz CT molecular complexity index is 644. The van der Waals surface area contributed by atoms with Gasteiger partial charge < -0.3 is 11.1 Å². The monoisotopic (exact) mass is 336 g/mol. The van der Waals surface area contributed by atoms with E-state index in [4.69, 9.17) is 29.6 Å². The zero-order valence-electron chi connectivity index (χ0n) is 11.7. The van der Waals surface area contributed by atoms with Gasteiger partial charge in [0.2, 0.25) is 0 Å². The molecular weight excluding hydrogens is 320 g/mol. The molecule has 0 saturated carbocycles. The van der Waals surface area contributed by atoms with Gasteiger partial charge in [0.05, 0.1) is 0 Å². The molecule has 0 saturated heterocycles. The van der Waals surface area contributed by atoms with E-state index < -0.39 is 0 Å². The molecule has 0 bridgehead atoms. The lowest BCUT2D eigenvalue weighted by molar-refractivity contribution is 1.14. The first-order valence-electron chi connectivity index (χ1n) is 6.65. The highest BCUT2D eigenvalue weighted by Gasteiger charge is 2.11. The number of anilines is 1. The highest BCUT2D eigenvalue weighted by molar-refractivity contribution is 7.99. The minimum absolute atomic E-state index is 0.417. The Morgan fingerprint density at radius 1 is 1.29 bits per heavy atom. The molecule has 0 fully saturated rings. The third-order valence-electron chi connectivity index (χ3n) is 2.94. The summed E-state index contributed by atoms with van der Waals surface area (Å²) in [6.45, 7) is 2.79. The summed E-state index contributed by atoms with van der Waals surface area (Å²) in [5.41, 5.74) is 8.89. The number of halogens is 1. The molecular formula is C16H17ClN2S2. The molecule has 2 aromatic rings. The van der Waals surface area contributed by atoms with Crippen LogP contribution >= 0.6 is 35.6 Å². The van der Waals surface area contributed by atoms with Crippen molar-refractivity contribution in [1.82, 2.24) is 0 Å². The van der Waals surface area contributed by atoms with Crippen molar-refractivity contribution < 1.29 is 0 Å². The first kappa shape index (κ1) is 16.1. The number of nitrogens with two attached hydrogens (primary N) is 1. The lowest BCUT2D eigenvalue weighted by Gasteiger charge is -2.15. The van der Waals surface area contributed by atoms with Crippen LogP contribution in [0.4, 0.5) is 5.69 Å². The minimum Gasteiger partial charge on any atom is -0.389 e. The SMILES string of the molecule is CCSc1cccc(NCc2cccc(Cl)c2)c1C(N)=S. The summed E-state index contributed by atoms with van der Waals surface area (Å²) in [7, 11) is 0. The molecule has 0 aromatic heterocycles. The quantitative estimate of drug-likeness (QED) is 0.592. The molecule has 0 unspecified atom stereocenters. The predicted octanol–water partition coefficient (Wildman–Crippen LogP) is 4.70. The fourth-order valence-corrected chi connectivity index (χ4v) is 3.40. The summed E-state index contributed by atoms with van der Waals surface area (Å²) in [6, 6.07) is 13.8. The van der Waals surface area contributed by atoms with Gasteiger partial charge in [-0.2, -0.15) is 0 Å². The van der Waals surface area contributed by atoms with Crippen LogP contribution in [0, 0.1) is 0 Å². The number of thiocarbonyl (C=S) groups is 1. The molecule has 0 aliphatic heterocycles. The Kier molecular flexibility index (Phi) is 5.91. The van der Waals surface area contributed by atoms with Gasteiger partial charge in [0, 0.05) is 27.7 Å². The zero-order valence-corrected chi connectivity index (χ0v) is 14.1. The van der Waals surface area contributed by atoms with Gasteiger partial charge in [-0.1, -0.05) is 48.9 Å². The summed E-state index contributed by atoms with van der Waals surface area (Å²) in [5.74, 6) is 0.980. The van der Waals surface area contributed by atoms with E-state index in [0.29, 0.717) is 11.5 Å². The Hall–Kier alpha value is -1.23. The van der Waals surface area contributed by atoms with Crippen LogP contribution in [0.5, 0.6) is 0 Å². The van der Waals surface area contributed by atoms with Crippen LogP contribution in [0.15, 0.2) is 47.4 Å². The van der Waals surface area contributed by atoms with Crippen molar-refractivity contribution in [2.45, 2.75) is 18.4 Å². The van der Waals surface area contributed by atoms with E-state index in [1.54, 1.807) is 11.8 Å². The van der Waals surface area contributed by atoms with Gasteiger partial charge in [0.25, 0.3) is 0 Å². The van der Waals surface area contributed by atoms with Gasteiger partial charge in [-0.15, -0.1) is 11.8 Å². The molecule has 2 nitrogen and oxygen atoms in total. The molecule has 5 heteroatoms. The second kappa shape index (κ2) is 7.69. The maximum absolute atomic E-state index is 6.00. The number of hydrogen-bond donors (Lipinski definition) is 2. The zero-order chi connectivity index (χ0) is 15.2. The molecule has 0 amide bonds. The highest BCUT2D eigenvalue weighted by atomic mass is 35.5. The Morgan fingerprint density at radius 3 is 2.71 bits per heavy atom. The van der Waals surface area contributed by atoms with Crippen molar-refractivity contribution in [1.29, 1.82) is 0 Å². The van der Waals surface area contributed by atoms with Crippen molar-refractivity contribution in [2.75, 3.05) is 11.1 Å². The van der Waals surface area contributed by atoms with Crippen molar-refractivity contribution in [2.24, 2.45) is 5.73 Å². The molecule has 0 spiro atoms. The third kappa shape index (κ3) is 4.37. The molecule has 2 aromatic carbocycles. The van der Waals surface area contributed by atoms with E-state index in [1.165, 1.54) is 0 Å². The van der Waals surface area contributed by atoms with E-state index in [9.17, 15) is 0 Å². The van der Waals surface area contributed by atoms with Crippen molar-refractivity contribution in [3.63, 3.8) is 0 Å². The summed E-state index contributed by atoms with van der Waals surface area (Å²) >= 11 is 12.9. The van der Waals surface area contributed by atoms with Crippen LogP contribution in [-0.2, 0) is 6.54 Å². The first-order valence-corrected chi connectivity index (χ1v) is 8.43. The van der Waals surface area contributed by atoms with Crippen molar-refractivity contribution in [3.05, 3.63) is 58.6 Å². The summed E-state index contributed by atoms with van der Waals surface area (Å²) < 4.78 is 0. The highest BCUT2D eigenvalue weighted by Crippen LogP contribution is 2.29. The molecule has 2 rings (SSSR count). The molecule has 0 radical (unpaired) electrons. The number of hydrogen-bond acceptors (Lipinski definition) is 3. The Morgan fingerprint density at radius 2 is 2.05 bits per heavy atom. The fraction of sp³-hybridized carbons (Fsp3) is 0.188. The van der Waals surface area contributed by atoms with Crippen LogP contribution in [0.2, 0.25) is 5.02 Å². The first-order chi connectivity index (χ1) is 10.1. The lowest BCUT2D eigenvalue weighted by atomic mass is 10.1. The topological polar surface area (TPSA) is 38.0 Å². The van der Waals surface area contributed by atoms with Crippen LogP contribution < -0.4 is 11.1 Å². The summed E-state index contributed by atoms with van der Waals surface area (Å²) in [5, 5.41) is 4.13. The molecule has 110 valence electrons. The second-order valence-electron chi connectivity index (χ2n) is 4.46. The normalized spacial score (nSPS) is 10.4. The number of nitrogens with one attached hydrogen (secondary N) is 1. The minimum atomic E-state index is 0.417. The summed E-state index contributed by atoms with van der Waals surface area (Å²) in [6.07, 6.45) is 0. The van der Waals surface area contributed by atoms with Crippen LogP contribution in [0.1, 0.15) is 18.1 Å². The molecule has 21 heavy (non-hydrogen) atoms. The van der Waals surface area contributed by atoms with Gasteiger partial charge in [-0.3, -0.25) is 0 Å². The van der Waals surface area contributed by atoms with Gasteiger partial charge >= 0.3 is 0 Å². The van der Waals surface area contributed by atoms with E-state index in [2.05, 4.69) is 12.2 Å². The molecule has 0 atom stereocenters. The van der Waals surface area contributed by atoms with Crippen molar-refractivity contribution in [3.8, 4) is 0 Å². The third-order valence-corrected chi connectivity index (χ3v) is 4.32. The Balaban J connectivity index is 2.23. The largest absolute Gasteiger partial charge is 0.389 e. The van der Waals surface area contributed by atoms with E-state index in [1.807, 2.05) is 42.5 Å². The number of thioether (sulfide) groups is 1. The fourth-order valence-electron chi connectivity index (χ4n) is 2.05. The van der Waals surface area contributed by atoms with Gasteiger partial charge in [-0.05, 0) is 35.6 Å². The average molecular weight is 337 g/mol. The maximum atomic E-state index is 6.00. The average Bonchev–Trinajstić information content (AvgIpc) is 2.45. The van der Waals surface area contributed by atoms with Crippen molar-refractivity contribution >= 4 is 46.3 Å². The van der Waals surface area contributed by atoms with Gasteiger partial charge in [0.15, 0.2) is 0 Å². The molecule has 0 aliphatic rings. The van der Waals surface area contributed by atoms with Crippen LogP contribution in [0.3, 0.4) is 0 Å². The second-order valence-corrected chi connectivity index (χ2v) is 6.64. The number of rotatable bonds is 6. The lowest BCUT2D eigenvalue weighted by Crippen LogP contribution is -2.14. The molecule has 0 heterocycles. The van der Waals surface area contributed by atoms with Crippen LogP contribution in [-0.4, -0.2) is 10.7 Å². The van der Waals surface area contributed by atoms with Gasteiger partial charge in [0.1, 0.15) is 4.99 Å². The summed E-state index contributed by atoms with van der Waals surface area (Å²) in [4.78, 5) is 1.53. The van der Waals surface area contributed by atoms with E-state index in [0.717, 1.165) is 32.5 Å². The molecule has 3 N–H and O–H groups in total. The maximum Gasteiger partial charge on any atom is 0.107 e. The van der Waals surface area contributed by atoms with E-state index in [-0.39, 0.29) is 0 Å².